The van der Waals surface area contributed by atoms with Crippen molar-refractivity contribution in [3.8, 4) is 5.75 Å². The summed E-state index contributed by atoms with van der Waals surface area (Å²) in [6.07, 6.45) is 0.932. The summed E-state index contributed by atoms with van der Waals surface area (Å²) in [6, 6.07) is 10.5. The van der Waals surface area contributed by atoms with Crippen LogP contribution in [-0.2, 0) is 40.6 Å². The topological polar surface area (TPSA) is 189 Å². The number of benzene rings is 3. The number of fused-ring (bicyclic) bond motifs is 2. The molecule has 2 unspecified atom stereocenters. The molecular formula is C34H35FN7O8SSi. The van der Waals surface area contributed by atoms with Gasteiger partial charge >= 0.3 is 10.2 Å². The van der Waals surface area contributed by atoms with Gasteiger partial charge in [-0.3, -0.25) is 39.1 Å². The van der Waals surface area contributed by atoms with Gasteiger partial charge in [0.1, 0.15) is 24.0 Å². The minimum atomic E-state index is -4.35. The Morgan fingerprint density at radius 1 is 1.10 bits per heavy atom. The molecule has 0 aliphatic carbocycles. The Labute approximate surface area is 301 Å². The second kappa shape index (κ2) is 12.9. The quantitative estimate of drug-likeness (QED) is 0.208. The van der Waals surface area contributed by atoms with E-state index >= 15 is 4.39 Å². The first-order chi connectivity index (χ1) is 24.5. The third-order valence-electron chi connectivity index (χ3n) is 9.86. The number of halogens is 1. The van der Waals surface area contributed by atoms with Crippen molar-refractivity contribution in [2.24, 2.45) is 5.92 Å². The summed E-state index contributed by atoms with van der Waals surface area (Å²) in [7, 11) is -0.428. The highest BCUT2D eigenvalue weighted by Gasteiger charge is 2.42. The number of phenols is 1. The van der Waals surface area contributed by atoms with Gasteiger partial charge in [0.25, 0.3) is 5.91 Å². The van der Waals surface area contributed by atoms with Gasteiger partial charge < -0.3 is 15.3 Å². The van der Waals surface area contributed by atoms with Gasteiger partial charge in [-0.05, 0) is 73.2 Å². The predicted octanol–water partition coefficient (Wildman–Crippen LogP) is 0.841. The van der Waals surface area contributed by atoms with Crippen LogP contribution < -0.4 is 29.5 Å². The molecule has 4 heterocycles. The van der Waals surface area contributed by atoms with E-state index in [1.165, 1.54) is 29.2 Å². The molecule has 18 heteroatoms. The molecule has 271 valence electrons. The van der Waals surface area contributed by atoms with Crippen molar-refractivity contribution >= 4 is 83.5 Å². The Kier molecular flexibility index (Phi) is 8.73. The highest BCUT2D eigenvalue weighted by Crippen LogP contribution is 2.40. The summed E-state index contributed by atoms with van der Waals surface area (Å²) in [5.74, 6) is -4.22. The number of carbonyl (C=O) groups excluding carboxylic acids is 5. The molecule has 4 aliphatic heterocycles. The van der Waals surface area contributed by atoms with E-state index in [9.17, 15) is 37.5 Å². The van der Waals surface area contributed by atoms with Crippen LogP contribution in [0.25, 0.3) is 10.8 Å². The fraction of sp³-hybridized carbons (Fsp3) is 0.382. The van der Waals surface area contributed by atoms with Gasteiger partial charge in [-0.25, -0.2) is 13.4 Å². The largest absolute Gasteiger partial charge is 0.506 e. The number of amides is 5. The van der Waals surface area contributed by atoms with E-state index in [2.05, 4.69) is 25.8 Å². The summed E-state index contributed by atoms with van der Waals surface area (Å²) < 4.78 is 42.2. The van der Waals surface area contributed by atoms with Crippen molar-refractivity contribution < 1.29 is 41.9 Å². The number of carbonyl (C=O) groups is 5. The van der Waals surface area contributed by atoms with Gasteiger partial charge in [0, 0.05) is 59.6 Å². The third kappa shape index (κ3) is 6.34. The smallest absolute Gasteiger partial charge is 0.326 e. The number of rotatable bonds is 6. The highest BCUT2D eigenvalue weighted by molar-refractivity contribution is 7.92. The molecule has 4 N–H and O–H groups in total. The normalized spacial score (nSPS) is 24.9. The molecule has 0 bridgehead atoms. The molecule has 0 aromatic heterocycles. The molecule has 3 atom stereocenters. The van der Waals surface area contributed by atoms with Crippen LogP contribution in [0.3, 0.4) is 0 Å². The number of hydrogen-bond donors (Lipinski definition) is 4. The predicted molar refractivity (Wildman–Crippen MR) is 190 cm³/mol. The molecule has 4 aliphatic rings. The van der Waals surface area contributed by atoms with E-state index in [0.29, 0.717) is 41.7 Å². The number of hydrogen-bond acceptors (Lipinski definition) is 10. The number of imide groups is 1. The molecule has 0 spiro atoms. The molecule has 3 aromatic rings. The summed E-state index contributed by atoms with van der Waals surface area (Å²) in [5, 5.41) is 15.3. The Morgan fingerprint density at radius 2 is 1.87 bits per heavy atom. The lowest BCUT2D eigenvalue weighted by molar-refractivity contribution is -0.136. The lowest BCUT2D eigenvalue weighted by Crippen LogP contribution is -2.62. The number of piperidine rings is 1. The zero-order valence-corrected chi connectivity index (χ0v) is 30.0. The zero-order chi connectivity index (χ0) is 37.3. The monoisotopic (exact) mass is 748 g/mol. The van der Waals surface area contributed by atoms with Crippen LogP contribution in [0, 0.1) is 11.7 Å². The number of nitrogens with zero attached hydrogens (tertiary/aromatic N) is 4. The second-order valence-electron chi connectivity index (χ2n) is 13.8. The lowest BCUT2D eigenvalue weighted by Gasteiger charge is -2.49. The van der Waals surface area contributed by atoms with Crippen molar-refractivity contribution in [3.05, 3.63) is 53.8 Å². The summed E-state index contributed by atoms with van der Waals surface area (Å²) in [5.41, 5.74) is 2.18. The van der Waals surface area contributed by atoms with E-state index in [1.54, 1.807) is 4.72 Å². The number of nitrogens with one attached hydrogen (secondary N) is 3. The Hall–Kier alpha value is -5.07. The SMILES string of the molecule is CC1Cc2cc(N3CCN(CC(=O)Nc4ccc5c(F)c(N6CC(=O)NS6(=O)=O)c(O)cc5c4)C[C@]3(C)[Si])ccc2N(C2CCC(=O)NC2=O)C1=O. The summed E-state index contributed by atoms with van der Waals surface area (Å²) >= 11 is 0. The van der Waals surface area contributed by atoms with Gasteiger partial charge in [0.15, 0.2) is 5.82 Å². The lowest BCUT2D eigenvalue weighted by atomic mass is 9.89. The minimum absolute atomic E-state index is 0.0156. The first-order valence-corrected chi connectivity index (χ1v) is 18.6. The van der Waals surface area contributed by atoms with E-state index < -0.39 is 57.0 Å². The van der Waals surface area contributed by atoms with Crippen LogP contribution in [0.2, 0.25) is 0 Å². The minimum Gasteiger partial charge on any atom is -0.506 e. The molecule has 5 amide bonds. The van der Waals surface area contributed by atoms with Crippen molar-refractivity contribution in [1.29, 1.82) is 0 Å². The molecule has 3 fully saturated rings. The number of phenolic OH excluding ortho intramolecular Hbond substituents is 1. The maximum atomic E-state index is 15.5. The van der Waals surface area contributed by atoms with Gasteiger partial charge in [-0.15, -0.1) is 0 Å². The average molecular weight is 749 g/mol. The van der Waals surface area contributed by atoms with Crippen LogP contribution in [-0.4, -0.2) is 102 Å². The standard InChI is InChI=1S/C34H35FN7O8SSi/c1-18-11-20-13-22(4-6-24(20)42(33(18)48)25-7-8-27(44)37-32(25)47)40-10-9-39(17-34(40,2)52)15-28(45)36-21-3-5-23-19(12-21)14-26(43)31(30(23)35)41-16-29(46)38-51(41,49)50/h3-6,12-14,18,25,43H,7-11,15-17H2,1-2H3,(H,36,45)(H,38,46)(H,37,44,47)/t18?,25?,34-/m0/s1. The second-order valence-corrected chi connectivity index (χ2v) is 16.5. The van der Waals surface area contributed by atoms with E-state index in [1.807, 2.05) is 36.9 Å². The van der Waals surface area contributed by atoms with E-state index in [4.69, 9.17) is 0 Å². The van der Waals surface area contributed by atoms with Gasteiger partial charge in [-0.1, -0.05) is 6.92 Å². The maximum absolute atomic E-state index is 15.5. The first-order valence-electron chi connectivity index (χ1n) is 16.7. The Bertz CT molecular complexity index is 2180. The average Bonchev–Trinajstić information content (AvgIpc) is 3.32. The van der Waals surface area contributed by atoms with Gasteiger partial charge in [-0.2, -0.15) is 8.42 Å². The van der Waals surface area contributed by atoms with E-state index in [-0.39, 0.29) is 53.8 Å². The third-order valence-corrected chi connectivity index (χ3v) is 11.7. The molecular weight excluding hydrogens is 714 g/mol. The van der Waals surface area contributed by atoms with Crippen molar-refractivity contribution in [2.45, 2.75) is 44.3 Å². The first kappa shape index (κ1) is 35.3. The summed E-state index contributed by atoms with van der Waals surface area (Å²) in [6.45, 7) is 4.75. The van der Waals surface area contributed by atoms with Crippen molar-refractivity contribution in [3.63, 3.8) is 0 Å². The molecule has 52 heavy (non-hydrogen) atoms. The number of piperazine rings is 1. The van der Waals surface area contributed by atoms with Crippen molar-refractivity contribution in [2.75, 3.05) is 52.1 Å². The molecule has 3 aromatic carbocycles. The highest BCUT2D eigenvalue weighted by atomic mass is 32.2. The van der Waals surface area contributed by atoms with Crippen molar-refractivity contribution in [1.82, 2.24) is 14.9 Å². The van der Waals surface area contributed by atoms with Crippen LogP contribution >= 0.6 is 0 Å². The van der Waals surface area contributed by atoms with Crippen LogP contribution in [0.4, 0.5) is 27.1 Å². The van der Waals surface area contributed by atoms with E-state index in [0.717, 1.165) is 11.3 Å². The summed E-state index contributed by atoms with van der Waals surface area (Å²) in [4.78, 5) is 68.2. The van der Waals surface area contributed by atoms with Crippen LogP contribution in [0.1, 0.15) is 32.3 Å². The fourth-order valence-corrected chi connectivity index (χ4v) is 9.13. The molecule has 0 saturated carbocycles. The van der Waals surface area contributed by atoms with Gasteiger partial charge in [0.05, 0.1) is 16.8 Å². The zero-order valence-electron chi connectivity index (χ0n) is 28.2. The Balaban J connectivity index is 1.02. The molecule has 3 saturated heterocycles. The molecule has 15 nitrogen and oxygen atoms in total. The number of anilines is 4. The molecule has 7 rings (SSSR count). The molecule has 3 radical (unpaired) electrons. The van der Waals surface area contributed by atoms with Crippen LogP contribution in [0.5, 0.6) is 5.75 Å². The maximum Gasteiger partial charge on any atom is 0.326 e. The number of aromatic hydroxyl groups is 1. The van der Waals surface area contributed by atoms with Gasteiger partial charge in [0.2, 0.25) is 23.6 Å². The fourth-order valence-electron chi connectivity index (χ4n) is 7.50. The Morgan fingerprint density at radius 3 is 2.56 bits per heavy atom. The van der Waals surface area contributed by atoms with Crippen LogP contribution in [0.15, 0.2) is 42.5 Å².